The molecule has 1 aromatic carbocycles. The molecule has 9 nitrogen and oxygen atoms in total. The molecule has 3 N–H and O–H groups in total. The minimum atomic E-state index is -4.53. The Labute approximate surface area is 287 Å². The Balaban J connectivity index is 1.40. The predicted molar refractivity (Wildman–Crippen MR) is 177 cm³/mol. The van der Waals surface area contributed by atoms with E-state index in [1.807, 2.05) is 0 Å². The third-order valence-electron chi connectivity index (χ3n) is 10.5. The molecular weight excluding hydrogens is 659 g/mol. The Morgan fingerprint density at radius 3 is 2.27 bits per heavy atom. The van der Waals surface area contributed by atoms with Gasteiger partial charge in [0.2, 0.25) is 11.8 Å². The lowest BCUT2D eigenvalue weighted by atomic mass is 9.79. The van der Waals surface area contributed by atoms with Gasteiger partial charge < -0.3 is 15.7 Å². The molecule has 0 bridgehead atoms. The maximum Gasteiger partial charge on any atom is 0.416 e. The second-order valence-electron chi connectivity index (χ2n) is 14.4. The number of hydrogen-bond donors (Lipinski definition) is 3. The number of carbonyl (C=O) groups is 5. The highest BCUT2D eigenvalue weighted by molar-refractivity contribution is 8.00. The van der Waals surface area contributed by atoms with Crippen LogP contribution in [0, 0.1) is 29.1 Å². The molecule has 5 rings (SSSR count). The Hall–Kier alpha value is -3.48. The van der Waals surface area contributed by atoms with Gasteiger partial charge in [0.05, 0.1) is 22.5 Å². The fourth-order valence-electron chi connectivity index (χ4n) is 7.54. The topological polar surface area (TPSA) is 143 Å². The number of carboxylic acid groups (broad SMARTS) is 1. The van der Waals surface area contributed by atoms with E-state index in [9.17, 15) is 42.3 Å². The number of benzene rings is 1. The van der Waals surface area contributed by atoms with E-state index >= 15 is 0 Å². The van der Waals surface area contributed by atoms with E-state index in [4.69, 9.17) is 0 Å². The lowest BCUT2D eigenvalue weighted by Gasteiger charge is -2.33. The van der Waals surface area contributed by atoms with Crippen molar-refractivity contribution in [2.45, 2.75) is 113 Å². The first kappa shape index (κ1) is 36.8. The number of carbonyl (C=O) groups excluding carboxylic acids is 4. The zero-order chi connectivity index (χ0) is 35.7. The SMILES string of the molecule is CC(=O)N[C@H](C(=O)N[C@H](C(=O)C1C[C@H](Sc2ccnc3cc(C(F)(F)F)ccc23)C[C@H]1C(=O)CC1(C(=O)O)CC1)C(C)C)C1CCCCC1. The number of Topliss-reactive ketones (excluding diaryl/α,β-unsaturated/α-hetero) is 2. The first-order valence-electron chi connectivity index (χ1n) is 17.1. The highest BCUT2D eigenvalue weighted by Crippen LogP contribution is 2.52. The van der Waals surface area contributed by atoms with Gasteiger partial charge in [-0.3, -0.25) is 29.0 Å². The molecule has 49 heavy (non-hydrogen) atoms. The van der Waals surface area contributed by atoms with Gasteiger partial charge in [0.15, 0.2) is 5.78 Å². The van der Waals surface area contributed by atoms with E-state index in [0.29, 0.717) is 23.1 Å². The number of halogens is 3. The molecule has 1 heterocycles. The molecule has 2 amide bonds. The van der Waals surface area contributed by atoms with Crippen molar-refractivity contribution in [2.75, 3.05) is 0 Å². The van der Waals surface area contributed by atoms with Gasteiger partial charge in [-0.2, -0.15) is 13.2 Å². The molecule has 0 radical (unpaired) electrons. The highest BCUT2D eigenvalue weighted by Gasteiger charge is 2.54. The van der Waals surface area contributed by atoms with Crippen LogP contribution < -0.4 is 10.6 Å². The molecule has 3 saturated carbocycles. The summed E-state index contributed by atoms with van der Waals surface area (Å²) in [7, 11) is 0. The van der Waals surface area contributed by atoms with Gasteiger partial charge in [-0.15, -0.1) is 11.8 Å². The zero-order valence-electron chi connectivity index (χ0n) is 28.0. The molecule has 0 aliphatic heterocycles. The van der Waals surface area contributed by atoms with Gasteiger partial charge in [-0.05, 0) is 68.6 Å². The number of ketones is 2. The molecule has 266 valence electrons. The number of hydrogen-bond acceptors (Lipinski definition) is 7. The summed E-state index contributed by atoms with van der Waals surface area (Å²) >= 11 is 1.36. The highest BCUT2D eigenvalue weighted by atomic mass is 32.2. The van der Waals surface area contributed by atoms with Gasteiger partial charge >= 0.3 is 12.1 Å². The van der Waals surface area contributed by atoms with Crippen LogP contribution in [0.1, 0.15) is 90.5 Å². The second-order valence-corrected chi connectivity index (χ2v) is 15.7. The summed E-state index contributed by atoms with van der Waals surface area (Å²) in [6, 6.07) is 3.32. The van der Waals surface area contributed by atoms with Crippen molar-refractivity contribution in [3.63, 3.8) is 0 Å². The summed E-state index contributed by atoms with van der Waals surface area (Å²) in [5, 5.41) is 15.7. The first-order chi connectivity index (χ1) is 23.1. The number of carboxylic acids is 1. The van der Waals surface area contributed by atoms with Crippen molar-refractivity contribution in [1.29, 1.82) is 0 Å². The van der Waals surface area contributed by atoms with Crippen LogP contribution in [-0.4, -0.2) is 56.8 Å². The summed E-state index contributed by atoms with van der Waals surface area (Å²) in [6.07, 6.45) is 2.54. The molecular formula is C36H44F3N3O6S. The van der Waals surface area contributed by atoms with Crippen molar-refractivity contribution < 1.29 is 42.3 Å². The van der Waals surface area contributed by atoms with Crippen LogP contribution in [0.3, 0.4) is 0 Å². The van der Waals surface area contributed by atoms with Crippen molar-refractivity contribution >= 4 is 52.0 Å². The maximum absolute atomic E-state index is 14.4. The van der Waals surface area contributed by atoms with Crippen molar-refractivity contribution in [3.05, 3.63) is 36.0 Å². The smallest absolute Gasteiger partial charge is 0.416 e. The Morgan fingerprint density at radius 2 is 1.67 bits per heavy atom. The molecule has 1 aromatic heterocycles. The average molecular weight is 704 g/mol. The fourth-order valence-corrected chi connectivity index (χ4v) is 8.95. The Morgan fingerprint density at radius 1 is 1.00 bits per heavy atom. The van der Waals surface area contributed by atoms with E-state index in [0.717, 1.165) is 44.2 Å². The summed E-state index contributed by atoms with van der Waals surface area (Å²) in [5.41, 5.74) is -1.76. The molecule has 0 spiro atoms. The molecule has 2 aromatic rings. The van der Waals surface area contributed by atoms with Gasteiger partial charge in [0.1, 0.15) is 11.8 Å². The molecule has 0 saturated heterocycles. The van der Waals surface area contributed by atoms with Gasteiger partial charge in [0, 0.05) is 46.9 Å². The largest absolute Gasteiger partial charge is 0.481 e. The summed E-state index contributed by atoms with van der Waals surface area (Å²) in [5.74, 6) is -4.43. The third kappa shape index (κ3) is 8.46. The minimum absolute atomic E-state index is 0.0599. The Bertz CT molecular complexity index is 1600. The maximum atomic E-state index is 14.4. The summed E-state index contributed by atoms with van der Waals surface area (Å²) in [4.78, 5) is 70.8. The third-order valence-corrected chi connectivity index (χ3v) is 11.8. The van der Waals surface area contributed by atoms with E-state index in [1.165, 1.54) is 30.9 Å². The van der Waals surface area contributed by atoms with Crippen LogP contribution >= 0.6 is 11.8 Å². The first-order valence-corrected chi connectivity index (χ1v) is 18.0. The van der Waals surface area contributed by atoms with E-state index < -0.39 is 53.0 Å². The van der Waals surface area contributed by atoms with Crippen LogP contribution in [-0.2, 0) is 30.1 Å². The molecule has 5 atom stereocenters. The zero-order valence-corrected chi connectivity index (χ0v) is 28.8. The quantitative estimate of drug-likeness (QED) is 0.219. The summed E-state index contributed by atoms with van der Waals surface area (Å²) in [6.45, 7) is 4.96. The number of alkyl halides is 3. The van der Waals surface area contributed by atoms with Crippen LogP contribution in [0.15, 0.2) is 35.4 Å². The Kier molecular flexibility index (Phi) is 11.1. The van der Waals surface area contributed by atoms with Gasteiger partial charge in [-0.1, -0.05) is 39.2 Å². The summed E-state index contributed by atoms with van der Waals surface area (Å²) < 4.78 is 40.1. The van der Waals surface area contributed by atoms with Crippen LogP contribution in [0.4, 0.5) is 13.2 Å². The monoisotopic (exact) mass is 703 g/mol. The molecule has 3 aliphatic rings. The number of aromatic nitrogens is 1. The molecule has 1 unspecified atom stereocenters. The van der Waals surface area contributed by atoms with E-state index in [1.54, 1.807) is 19.9 Å². The van der Waals surface area contributed by atoms with E-state index in [-0.39, 0.29) is 59.3 Å². The van der Waals surface area contributed by atoms with Crippen LogP contribution in [0.2, 0.25) is 0 Å². The molecule has 3 fully saturated rings. The predicted octanol–water partition coefficient (Wildman–Crippen LogP) is 6.36. The van der Waals surface area contributed by atoms with Crippen LogP contribution in [0.5, 0.6) is 0 Å². The lowest BCUT2D eigenvalue weighted by molar-refractivity contribution is -0.146. The second kappa shape index (κ2) is 14.8. The number of fused-ring (bicyclic) bond motifs is 1. The number of nitrogens with zero attached hydrogens (tertiary/aromatic N) is 1. The fraction of sp³-hybridized carbons (Fsp3) is 0.611. The molecule has 3 aliphatic carbocycles. The lowest BCUT2D eigenvalue weighted by Crippen LogP contribution is -2.56. The normalized spacial score (nSPS) is 23.5. The van der Waals surface area contributed by atoms with Gasteiger partial charge in [0.25, 0.3) is 0 Å². The van der Waals surface area contributed by atoms with Crippen molar-refractivity contribution in [1.82, 2.24) is 15.6 Å². The average Bonchev–Trinajstić information content (AvgIpc) is 3.71. The number of aliphatic carboxylic acids is 1. The van der Waals surface area contributed by atoms with Crippen molar-refractivity contribution in [3.8, 4) is 0 Å². The number of amides is 2. The van der Waals surface area contributed by atoms with Crippen LogP contribution in [0.25, 0.3) is 10.9 Å². The number of nitrogens with one attached hydrogen (secondary N) is 2. The number of thioether (sulfide) groups is 1. The van der Waals surface area contributed by atoms with Gasteiger partial charge in [-0.25, -0.2) is 0 Å². The minimum Gasteiger partial charge on any atom is -0.481 e. The van der Waals surface area contributed by atoms with E-state index in [2.05, 4.69) is 15.6 Å². The standard InChI is InChI=1S/C36H44F3N3O6S/c1-19(2)30(42-33(46)31(41-20(3)43)21-7-5-4-6-8-21)32(45)26-17-23(16-25(26)28(44)18-35(12-13-35)34(47)48)49-29-11-14-40-27-15-22(36(37,38)39)9-10-24(27)29/h9-11,14-15,19,21,23,25-26,30-31H,4-8,12-13,16-18H2,1-3H3,(H,41,43)(H,42,46)(H,47,48)/t23-,25-,26?,30+,31+/m1/s1. The number of pyridine rings is 1. The number of rotatable bonds is 13. The molecule has 13 heteroatoms. The van der Waals surface area contributed by atoms with Crippen molar-refractivity contribution in [2.24, 2.45) is 29.1 Å².